The lowest BCUT2D eigenvalue weighted by Crippen LogP contribution is -2.49. The molecule has 0 spiro atoms. The lowest BCUT2D eigenvalue weighted by atomic mass is 9.93. The molecule has 9 heteroatoms. The number of nitrogens with zero attached hydrogens (tertiary/aromatic N) is 6. The maximum atomic E-state index is 5.34. The van der Waals surface area contributed by atoms with Crippen molar-refractivity contribution in [3.8, 4) is 11.6 Å². The lowest BCUT2D eigenvalue weighted by molar-refractivity contribution is 0.189. The van der Waals surface area contributed by atoms with Gasteiger partial charge in [0.2, 0.25) is 5.82 Å². The molecule has 0 radical (unpaired) electrons. The van der Waals surface area contributed by atoms with Crippen molar-refractivity contribution in [2.24, 2.45) is 10.9 Å². The SMILES string of the molecule is CCNC(=NCCc1nc(-c2ccco2)n[nH]1)N1CCC(C)C(n2ccnc2)C1. The summed E-state index contributed by atoms with van der Waals surface area (Å²) < 4.78 is 7.55. The van der Waals surface area contributed by atoms with Gasteiger partial charge in [0.25, 0.3) is 0 Å². The van der Waals surface area contributed by atoms with Crippen LogP contribution in [0.1, 0.15) is 32.1 Å². The summed E-state index contributed by atoms with van der Waals surface area (Å²) in [6, 6.07) is 4.08. The predicted octanol–water partition coefficient (Wildman–Crippen LogP) is 2.35. The van der Waals surface area contributed by atoms with E-state index in [1.807, 2.05) is 24.7 Å². The fourth-order valence-electron chi connectivity index (χ4n) is 3.71. The molecule has 154 valence electrons. The Morgan fingerprint density at radius 2 is 2.38 bits per heavy atom. The van der Waals surface area contributed by atoms with Crippen molar-refractivity contribution in [2.45, 2.75) is 32.7 Å². The molecule has 0 aliphatic carbocycles. The molecule has 4 rings (SSSR count). The van der Waals surface area contributed by atoms with Crippen molar-refractivity contribution in [1.82, 2.24) is 34.9 Å². The van der Waals surface area contributed by atoms with Gasteiger partial charge in [-0.2, -0.15) is 5.10 Å². The summed E-state index contributed by atoms with van der Waals surface area (Å²) in [5.74, 6) is 3.61. The van der Waals surface area contributed by atoms with Crippen LogP contribution in [0.5, 0.6) is 0 Å². The van der Waals surface area contributed by atoms with E-state index in [2.05, 4.69) is 55.0 Å². The minimum atomic E-state index is 0.403. The van der Waals surface area contributed by atoms with E-state index in [0.29, 0.717) is 36.5 Å². The molecule has 1 saturated heterocycles. The first kappa shape index (κ1) is 19.2. The van der Waals surface area contributed by atoms with E-state index in [1.165, 1.54) is 0 Å². The van der Waals surface area contributed by atoms with Crippen LogP contribution >= 0.6 is 0 Å². The number of piperidine rings is 1. The zero-order valence-corrected chi connectivity index (χ0v) is 17.0. The maximum Gasteiger partial charge on any atom is 0.216 e. The number of H-pyrrole nitrogens is 1. The first-order chi connectivity index (χ1) is 14.2. The zero-order valence-electron chi connectivity index (χ0n) is 17.0. The van der Waals surface area contributed by atoms with Crippen molar-refractivity contribution < 1.29 is 4.42 Å². The third-order valence-corrected chi connectivity index (χ3v) is 5.34. The Kier molecular flexibility index (Phi) is 5.92. The van der Waals surface area contributed by atoms with Gasteiger partial charge in [0.15, 0.2) is 11.7 Å². The van der Waals surface area contributed by atoms with Crippen LogP contribution in [0.25, 0.3) is 11.6 Å². The van der Waals surface area contributed by atoms with Crippen LogP contribution in [-0.2, 0) is 6.42 Å². The first-order valence-electron chi connectivity index (χ1n) is 10.2. The van der Waals surface area contributed by atoms with Gasteiger partial charge in [-0.15, -0.1) is 0 Å². The monoisotopic (exact) mass is 396 g/mol. The normalized spacial score (nSPS) is 20.2. The Bertz CT molecular complexity index is 899. The van der Waals surface area contributed by atoms with Gasteiger partial charge in [0, 0.05) is 45.0 Å². The molecule has 3 aromatic heterocycles. The molecule has 1 aliphatic rings. The molecule has 1 aliphatic heterocycles. The summed E-state index contributed by atoms with van der Waals surface area (Å²) in [4.78, 5) is 15.9. The van der Waals surface area contributed by atoms with E-state index in [0.717, 1.165) is 37.8 Å². The molecule has 2 N–H and O–H groups in total. The smallest absolute Gasteiger partial charge is 0.216 e. The van der Waals surface area contributed by atoms with E-state index in [4.69, 9.17) is 9.41 Å². The van der Waals surface area contributed by atoms with E-state index < -0.39 is 0 Å². The largest absolute Gasteiger partial charge is 0.461 e. The number of hydrogen-bond acceptors (Lipinski definition) is 5. The minimum absolute atomic E-state index is 0.403. The van der Waals surface area contributed by atoms with Crippen molar-refractivity contribution in [2.75, 3.05) is 26.2 Å². The molecule has 9 nitrogen and oxygen atoms in total. The summed E-state index contributed by atoms with van der Waals surface area (Å²) in [6.45, 7) is 7.81. The third kappa shape index (κ3) is 4.49. The number of rotatable bonds is 6. The molecular weight excluding hydrogens is 368 g/mol. The van der Waals surface area contributed by atoms with Crippen LogP contribution < -0.4 is 5.32 Å². The average Bonchev–Trinajstić information content (AvgIpc) is 3.49. The summed E-state index contributed by atoms with van der Waals surface area (Å²) in [5, 5.41) is 10.6. The zero-order chi connectivity index (χ0) is 20.1. The van der Waals surface area contributed by atoms with Crippen LogP contribution in [0.3, 0.4) is 0 Å². The Hall–Kier alpha value is -3.10. The van der Waals surface area contributed by atoms with E-state index in [9.17, 15) is 0 Å². The summed E-state index contributed by atoms with van der Waals surface area (Å²) in [6.07, 6.45) is 9.25. The predicted molar refractivity (Wildman–Crippen MR) is 110 cm³/mol. The van der Waals surface area contributed by atoms with E-state index in [-0.39, 0.29) is 0 Å². The molecule has 0 amide bonds. The highest BCUT2D eigenvalue weighted by Gasteiger charge is 2.28. The Labute approximate surface area is 170 Å². The topological polar surface area (TPSA) is 100 Å². The van der Waals surface area contributed by atoms with Crippen LogP contribution in [0.4, 0.5) is 0 Å². The Morgan fingerprint density at radius 3 is 3.14 bits per heavy atom. The Balaban J connectivity index is 1.40. The van der Waals surface area contributed by atoms with Gasteiger partial charge in [0.1, 0.15) is 5.82 Å². The second kappa shape index (κ2) is 8.93. The quantitative estimate of drug-likeness (QED) is 0.490. The lowest BCUT2D eigenvalue weighted by Gasteiger charge is -2.39. The van der Waals surface area contributed by atoms with Crippen LogP contribution in [-0.4, -0.2) is 61.8 Å². The van der Waals surface area contributed by atoms with Crippen LogP contribution in [0.2, 0.25) is 0 Å². The standard InChI is InChI=1S/C20H28N8O/c1-3-22-20(27-10-7-15(2)16(13-27)28-11-9-21-14-28)23-8-6-18-24-19(26-25-18)17-5-4-12-29-17/h4-5,9,11-12,14-16H,3,6-8,10,13H2,1-2H3,(H,22,23)(H,24,25,26). The molecule has 4 heterocycles. The molecule has 3 aromatic rings. The van der Waals surface area contributed by atoms with Gasteiger partial charge in [-0.25, -0.2) is 9.97 Å². The van der Waals surface area contributed by atoms with Gasteiger partial charge in [-0.05, 0) is 31.4 Å². The second-order valence-electron chi connectivity index (χ2n) is 7.36. The van der Waals surface area contributed by atoms with E-state index >= 15 is 0 Å². The Morgan fingerprint density at radius 1 is 1.45 bits per heavy atom. The molecular formula is C20H28N8O. The van der Waals surface area contributed by atoms with Crippen molar-refractivity contribution in [3.63, 3.8) is 0 Å². The van der Waals surface area contributed by atoms with Crippen molar-refractivity contribution >= 4 is 5.96 Å². The minimum Gasteiger partial charge on any atom is -0.461 e. The number of likely N-dealkylation sites (tertiary alicyclic amines) is 1. The average molecular weight is 396 g/mol. The number of nitrogens with one attached hydrogen (secondary N) is 2. The fourth-order valence-corrected chi connectivity index (χ4v) is 3.71. The molecule has 0 saturated carbocycles. The molecule has 2 unspecified atom stereocenters. The number of aliphatic imine (C=N–C) groups is 1. The molecule has 0 aromatic carbocycles. The summed E-state index contributed by atoms with van der Waals surface area (Å²) in [7, 11) is 0. The van der Waals surface area contributed by atoms with Crippen molar-refractivity contribution in [1.29, 1.82) is 0 Å². The van der Waals surface area contributed by atoms with Crippen LogP contribution in [0, 0.1) is 5.92 Å². The molecule has 29 heavy (non-hydrogen) atoms. The highest BCUT2D eigenvalue weighted by Crippen LogP contribution is 2.27. The number of imidazole rings is 1. The maximum absolute atomic E-state index is 5.34. The summed E-state index contributed by atoms with van der Waals surface area (Å²) in [5.41, 5.74) is 0. The number of aromatic nitrogens is 5. The number of aromatic amines is 1. The van der Waals surface area contributed by atoms with Gasteiger partial charge in [0.05, 0.1) is 18.6 Å². The third-order valence-electron chi connectivity index (χ3n) is 5.34. The molecule has 0 bridgehead atoms. The first-order valence-corrected chi connectivity index (χ1v) is 10.2. The van der Waals surface area contributed by atoms with Gasteiger partial charge in [-0.1, -0.05) is 6.92 Å². The molecule has 1 fully saturated rings. The van der Waals surface area contributed by atoms with Gasteiger partial charge in [-0.3, -0.25) is 10.1 Å². The van der Waals surface area contributed by atoms with Gasteiger partial charge < -0.3 is 19.2 Å². The van der Waals surface area contributed by atoms with Crippen LogP contribution in [0.15, 0.2) is 46.5 Å². The number of furan rings is 1. The fraction of sp³-hybridized carbons (Fsp3) is 0.500. The number of hydrogen-bond donors (Lipinski definition) is 2. The van der Waals surface area contributed by atoms with E-state index in [1.54, 1.807) is 6.26 Å². The highest BCUT2D eigenvalue weighted by molar-refractivity contribution is 5.80. The van der Waals surface area contributed by atoms with Crippen molar-refractivity contribution in [3.05, 3.63) is 42.9 Å². The van der Waals surface area contributed by atoms with Gasteiger partial charge >= 0.3 is 0 Å². The highest BCUT2D eigenvalue weighted by atomic mass is 16.3. The summed E-state index contributed by atoms with van der Waals surface area (Å²) >= 11 is 0. The second-order valence-corrected chi connectivity index (χ2v) is 7.36. The number of guanidine groups is 1. The molecule has 2 atom stereocenters.